The Balaban J connectivity index is 2.37. The van der Waals surface area contributed by atoms with E-state index in [1.54, 1.807) is 13.0 Å². The topological polar surface area (TPSA) is 12.0 Å². The van der Waals surface area contributed by atoms with Gasteiger partial charge in [-0.15, -0.1) is 11.3 Å². The fourth-order valence-corrected chi connectivity index (χ4v) is 3.02. The molecule has 0 spiro atoms. The molecule has 1 unspecified atom stereocenters. The molecule has 1 N–H and O–H groups in total. The molecule has 1 atom stereocenters. The zero-order valence-corrected chi connectivity index (χ0v) is 11.9. The van der Waals surface area contributed by atoms with Crippen LogP contribution in [0.15, 0.2) is 30.3 Å². The minimum absolute atomic E-state index is 0.00241. The standard InChI is InChI=1S/C14H15ClFNS/c1-3-17-14(12-6-7-13(15)18-12)10-5-4-9(2)11(16)8-10/h4-8,14,17H,3H2,1-2H3. The third-order valence-electron chi connectivity index (χ3n) is 2.82. The number of aryl methyl sites for hydroxylation is 1. The van der Waals surface area contributed by atoms with E-state index in [-0.39, 0.29) is 11.9 Å². The number of hydrogen-bond acceptors (Lipinski definition) is 2. The fourth-order valence-electron chi connectivity index (χ4n) is 1.86. The van der Waals surface area contributed by atoms with Crippen LogP contribution in [0, 0.1) is 12.7 Å². The minimum Gasteiger partial charge on any atom is -0.306 e. The van der Waals surface area contributed by atoms with Crippen molar-refractivity contribution >= 4 is 22.9 Å². The molecule has 0 radical (unpaired) electrons. The minimum atomic E-state index is -0.168. The van der Waals surface area contributed by atoms with Crippen LogP contribution in [-0.2, 0) is 0 Å². The summed E-state index contributed by atoms with van der Waals surface area (Å²) in [5.41, 5.74) is 1.59. The van der Waals surface area contributed by atoms with Gasteiger partial charge in [0.1, 0.15) is 5.82 Å². The van der Waals surface area contributed by atoms with Crippen LogP contribution in [0.3, 0.4) is 0 Å². The molecule has 0 aliphatic heterocycles. The Morgan fingerprint density at radius 1 is 1.33 bits per heavy atom. The van der Waals surface area contributed by atoms with Gasteiger partial charge < -0.3 is 5.32 Å². The van der Waals surface area contributed by atoms with Crippen molar-refractivity contribution in [2.24, 2.45) is 0 Å². The van der Waals surface area contributed by atoms with Crippen molar-refractivity contribution in [3.63, 3.8) is 0 Å². The number of hydrogen-bond donors (Lipinski definition) is 1. The van der Waals surface area contributed by atoms with Gasteiger partial charge in [0, 0.05) is 4.88 Å². The summed E-state index contributed by atoms with van der Waals surface area (Å²) in [4.78, 5) is 1.10. The average Bonchev–Trinajstić information content (AvgIpc) is 2.76. The quantitative estimate of drug-likeness (QED) is 0.868. The summed E-state index contributed by atoms with van der Waals surface area (Å²) in [5.74, 6) is -0.168. The van der Waals surface area contributed by atoms with Crippen molar-refractivity contribution in [3.8, 4) is 0 Å². The van der Waals surface area contributed by atoms with E-state index in [1.807, 2.05) is 31.2 Å². The van der Waals surface area contributed by atoms with Crippen molar-refractivity contribution in [1.29, 1.82) is 0 Å². The summed E-state index contributed by atoms with van der Waals surface area (Å²) in [7, 11) is 0. The molecule has 0 amide bonds. The normalized spacial score (nSPS) is 12.7. The molecule has 0 saturated heterocycles. The summed E-state index contributed by atoms with van der Waals surface area (Å²) in [6, 6.07) is 9.22. The maximum absolute atomic E-state index is 13.7. The molecule has 0 aliphatic rings. The highest BCUT2D eigenvalue weighted by Gasteiger charge is 2.16. The highest BCUT2D eigenvalue weighted by Crippen LogP contribution is 2.31. The first-order valence-electron chi connectivity index (χ1n) is 5.86. The summed E-state index contributed by atoms with van der Waals surface area (Å²) in [5, 5.41) is 3.36. The van der Waals surface area contributed by atoms with E-state index in [0.29, 0.717) is 5.56 Å². The van der Waals surface area contributed by atoms with Crippen LogP contribution in [0.2, 0.25) is 4.34 Å². The van der Waals surface area contributed by atoms with Crippen molar-refractivity contribution < 1.29 is 4.39 Å². The molecule has 1 heterocycles. The van der Waals surface area contributed by atoms with Crippen LogP contribution in [0.4, 0.5) is 4.39 Å². The molecule has 4 heteroatoms. The van der Waals surface area contributed by atoms with E-state index in [2.05, 4.69) is 5.32 Å². The van der Waals surface area contributed by atoms with Crippen molar-refractivity contribution in [2.75, 3.05) is 6.54 Å². The van der Waals surface area contributed by atoms with E-state index in [1.165, 1.54) is 11.3 Å². The molecule has 96 valence electrons. The van der Waals surface area contributed by atoms with E-state index < -0.39 is 0 Å². The maximum atomic E-state index is 13.7. The van der Waals surface area contributed by atoms with Crippen LogP contribution in [0.5, 0.6) is 0 Å². The largest absolute Gasteiger partial charge is 0.306 e. The Kier molecular flexibility index (Phi) is 4.38. The van der Waals surface area contributed by atoms with Crippen LogP contribution < -0.4 is 5.32 Å². The molecule has 2 aromatic rings. The molecule has 1 nitrogen and oxygen atoms in total. The Morgan fingerprint density at radius 3 is 2.67 bits per heavy atom. The van der Waals surface area contributed by atoms with E-state index in [0.717, 1.165) is 21.3 Å². The molecular formula is C14H15ClFNS. The third kappa shape index (κ3) is 2.91. The Bertz CT molecular complexity index is 538. The average molecular weight is 284 g/mol. The summed E-state index contributed by atoms with van der Waals surface area (Å²) in [6.07, 6.45) is 0. The lowest BCUT2D eigenvalue weighted by molar-refractivity contribution is 0.600. The Morgan fingerprint density at radius 2 is 2.11 bits per heavy atom. The van der Waals surface area contributed by atoms with Crippen LogP contribution in [-0.4, -0.2) is 6.54 Å². The second-order valence-electron chi connectivity index (χ2n) is 4.14. The molecular weight excluding hydrogens is 269 g/mol. The molecule has 0 bridgehead atoms. The van der Waals surface area contributed by atoms with Crippen LogP contribution in [0.1, 0.15) is 29.0 Å². The maximum Gasteiger partial charge on any atom is 0.126 e. The summed E-state index contributed by atoms with van der Waals surface area (Å²) < 4.78 is 14.4. The van der Waals surface area contributed by atoms with Crippen molar-refractivity contribution in [3.05, 3.63) is 56.5 Å². The Labute approximate surface area is 116 Å². The van der Waals surface area contributed by atoms with Gasteiger partial charge in [0.15, 0.2) is 0 Å². The molecule has 2 rings (SSSR count). The van der Waals surface area contributed by atoms with Gasteiger partial charge in [-0.05, 0) is 42.8 Å². The SMILES string of the molecule is CCNC(c1ccc(C)c(F)c1)c1ccc(Cl)s1. The molecule has 0 saturated carbocycles. The van der Waals surface area contributed by atoms with Gasteiger partial charge >= 0.3 is 0 Å². The van der Waals surface area contributed by atoms with Crippen LogP contribution >= 0.6 is 22.9 Å². The van der Waals surface area contributed by atoms with Crippen molar-refractivity contribution in [2.45, 2.75) is 19.9 Å². The van der Waals surface area contributed by atoms with Gasteiger partial charge in [-0.3, -0.25) is 0 Å². The van der Waals surface area contributed by atoms with Gasteiger partial charge in [0.05, 0.1) is 10.4 Å². The van der Waals surface area contributed by atoms with Gasteiger partial charge in [-0.2, -0.15) is 0 Å². The lowest BCUT2D eigenvalue weighted by Crippen LogP contribution is -2.21. The molecule has 1 aromatic carbocycles. The predicted molar refractivity (Wildman–Crippen MR) is 76.0 cm³/mol. The molecule has 1 aromatic heterocycles. The monoisotopic (exact) mass is 283 g/mol. The lowest BCUT2D eigenvalue weighted by atomic mass is 10.0. The number of rotatable bonds is 4. The smallest absolute Gasteiger partial charge is 0.126 e. The number of nitrogens with one attached hydrogen (secondary N) is 1. The van der Waals surface area contributed by atoms with E-state index in [9.17, 15) is 4.39 Å². The molecule has 0 aliphatic carbocycles. The molecule has 0 fully saturated rings. The zero-order chi connectivity index (χ0) is 13.1. The number of thiophene rings is 1. The third-order valence-corrected chi connectivity index (χ3v) is 4.11. The summed E-state index contributed by atoms with van der Waals surface area (Å²) >= 11 is 7.49. The lowest BCUT2D eigenvalue weighted by Gasteiger charge is -2.17. The first kappa shape index (κ1) is 13.5. The predicted octanol–water partition coefficient (Wildman–Crippen LogP) is 4.55. The second-order valence-corrected chi connectivity index (χ2v) is 5.89. The van der Waals surface area contributed by atoms with Gasteiger partial charge in [0.2, 0.25) is 0 Å². The first-order chi connectivity index (χ1) is 8.61. The Hall–Kier alpha value is -0.900. The number of halogens is 2. The fraction of sp³-hybridized carbons (Fsp3) is 0.286. The van der Waals surface area contributed by atoms with Gasteiger partial charge in [-0.1, -0.05) is 30.7 Å². The van der Waals surface area contributed by atoms with Gasteiger partial charge in [0.25, 0.3) is 0 Å². The second kappa shape index (κ2) is 5.83. The highest BCUT2D eigenvalue weighted by molar-refractivity contribution is 7.16. The van der Waals surface area contributed by atoms with E-state index >= 15 is 0 Å². The number of benzene rings is 1. The first-order valence-corrected chi connectivity index (χ1v) is 7.06. The zero-order valence-electron chi connectivity index (χ0n) is 10.3. The van der Waals surface area contributed by atoms with Gasteiger partial charge in [-0.25, -0.2) is 4.39 Å². The van der Waals surface area contributed by atoms with E-state index in [4.69, 9.17) is 11.6 Å². The molecule has 18 heavy (non-hydrogen) atoms. The highest BCUT2D eigenvalue weighted by atomic mass is 35.5. The summed E-state index contributed by atoms with van der Waals surface area (Å²) in [6.45, 7) is 4.62. The van der Waals surface area contributed by atoms with Crippen LogP contribution in [0.25, 0.3) is 0 Å². The van der Waals surface area contributed by atoms with Crippen molar-refractivity contribution in [1.82, 2.24) is 5.32 Å².